The normalized spacial score (nSPS) is 38.6. The minimum Gasteiger partial charge on any atom is -0.373 e. The molecule has 3 saturated heterocycles. The fourth-order valence-electron chi connectivity index (χ4n) is 3.75. The van der Waals surface area contributed by atoms with E-state index in [1.807, 2.05) is 0 Å². The van der Waals surface area contributed by atoms with E-state index >= 15 is 0 Å². The second kappa shape index (κ2) is 6.24. The van der Waals surface area contributed by atoms with Gasteiger partial charge in [-0.3, -0.25) is 0 Å². The molecule has 3 unspecified atom stereocenters. The van der Waals surface area contributed by atoms with E-state index in [2.05, 4.69) is 13.8 Å². The van der Waals surface area contributed by atoms with Gasteiger partial charge in [0.25, 0.3) is 0 Å². The van der Waals surface area contributed by atoms with Crippen LogP contribution in [0.15, 0.2) is 0 Å². The van der Waals surface area contributed by atoms with Crippen molar-refractivity contribution in [2.24, 2.45) is 11.3 Å². The third-order valence-electron chi connectivity index (χ3n) is 5.96. The SMILES string of the molecule is CCC1(CC)COC2(OCC(OCC3CCC4OC34)CO2)OC1. The Balaban J connectivity index is 1.21. The van der Waals surface area contributed by atoms with Gasteiger partial charge >= 0.3 is 6.16 Å². The first kappa shape index (κ1) is 16.2. The molecule has 3 heterocycles. The van der Waals surface area contributed by atoms with E-state index in [4.69, 9.17) is 28.4 Å². The molecule has 0 aromatic carbocycles. The maximum atomic E-state index is 5.94. The van der Waals surface area contributed by atoms with Crippen molar-refractivity contribution < 1.29 is 28.4 Å². The van der Waals surface area contributed by atoms with Crippen molar-refractivity contribution >= 4 is 0 Å². The molecule has 23 heavy (non-hydrogen) atoms. The molecule has 0 aromatic heterocycles. The van der Waals surface area contributed by atoms with Gasteiger partial charge in [-0.25, -0.2) is 0 Å². The zero-order valence-electron chi connectivity index (χ0n) is 14.1. The summed E-state index contributed by atoms with van der Waals surface area (Å²) < 4.78 is 34.6. The molecule has 0 radical (unpaired) electrons. The van der Waals surface area contributed by atoms with Crippen LogP contribution in [0.25, 0.3) is 0 Å². The van der Waals surface area contributed by atoms with Crippen LogP contribution < -0.4 is 0 Å². The molecule has 4 fully saturated rings. The molecule has 0 bridgehead atoms. The van der Waals surface area contributed by atoms with Gasteiger partial charge < -0.3 is 28.4 Å². The van der Waals surface area contributed by atoms with Gasteiger partial charge in [0.05, 0.1) is 45.2 Å². The Bertz CT molecular complexity index is 403. The van der Waals surface area contributed by atoms with E-state index in [0.717, 1.165) is 19.4 Å². The molecule has 1 saturated carbocycles. The standard InChI is InChI=1S/C17H28O6/c1-3-16(4-2)10-21-17(22-11-16)19-8-13(9-20-17)18-7-12-5-6-14-15(12)23-14/h12-15H,3-11H2,1-2H3. The van der Waals surface area contributed by atoms with Crippen molar-refractivity contribution in [1.82, 2.24) is 0 Å². The van der Waals surface area contributed by atoms with Crippen molar-refractivity contribution in [3.63, 3.8) is 0 Å². The third kappa shape index (κ3) is 3.17. The quantitative estimate of drug-likeness (QED) is 0.720. The van der Waals surface area contributed by atoms with Crippen LogP contribution in [0.5, 0.6) is 0 Å². The molecule has 4 aliphatic rings. The van der Waals surface area contributed by atoms with Crippen LogP contribution in [0.1, 0.15) is 39.5 Å². The summed E-state index contributed by atoms with van der Waals surface area (Å²) in [7, 11) is 0. The summed E-state index contributed by atoms with van der Waals surface area (Å²) in [5.74, 6) is 0.535. The molecule has 6 heteroatoms. The molecular formula is C17H28O6. The molecule has 1 spiro atoms. The molecular weight excluding hydrogens is 300 g/mol. The number of rotatable bonds is 5. The zero-order valence-corrected chi connectivity index (χ0v) is 14.1. The van der Waals surface area contributed by atoms with Crippen LogP contribution >= 0.6 is 0 Å². The zero-order chi connectivity index (χ0) is 15.9. The van der Waals surface area contributed by atoms with Crippen LogP contribution in [-0.4, -0.2) is 57.5 Å². The largest absolute Gasteiger partial charge is 0.412 e. The van der Waals surface area contributed by atoms with E-state index in [-0.39, 0.29) is 11.5 Å². The molecule has 3 atom stereocenters. The van der Waals surface area contributed by atoms with Crippen LogP contribution in [0.4, 0.5) is 0 Å². The van der Waals surface area contributed by atoms with E-state index in [0.29, 0.717) is 44.6 Å². The summed E-state index contributed by atoms with van der Waals surface area (Å²) >= 11 is 0. The highest BCUT2D eigenvalue weighted by Crippen LogP contribution is 2.43. The Kier molecular flexibility index (Phi) is 4.41. The monoisotopic (exact) mass is 328 g/mol. The summed E-state index contributed by atoms with van der Waals surface area (Å²) in [5.41, 5.74) is 0.0780. The van der Waals surface area contributed by atoms with Crippen molar-refractivity contribution in [2.45, 2.75) is 64.0 Å². The second-order valence-corrected chi connectivity index (χ2v) is 7.34. The van der Waals surface area contributed by atoms with E-state index in [1.54, 1.807) is 0 Å². The summed E-state index contributed by atoms with van der Waals surface area (Å²) in [6, 6.07) is 0. The Labute approximate surface area is 137 Å². The summed E-state index contributed by atoms with van der Waals surface area (Å²) in [4.78, 5) is 0. The van der Waals surface area contributed by atoms with E-state index < -0.39 is 6.16 Å². The Hall–Kier alpha value is -0.240. The summed E-state index contributed by atoms with van der Waals surface area (Å²) in [6.07, 6.45) is 4.00. The molecule has 3 aliphatic heterocycles. The van der Waals surface area contributed by atoms with Gasteiger partial charge in [0.2, 0.25) is 0 Å². The van der Waals surface area contributed by atoms with Crippen molar-refractivity contribution in [1.29, 1.82) is 0 Å². The summed E-state index contributed by atoms with van der Waals surface area (Å²) in [5, 5.41) is 0. The van der Waals surface area contributed by atoms with Gasteiger partial charge in [-0.05, 0) is 25.7 Å². The smallest absolute Gasteiger partial charge is 0.373 e. The highest BCUT2D eigenvalue weighted by Gasteiger charge is 2.51. The number of fused-ring (bicyclic) bond motifs is 1. The Morgan fingerprint density at radius 1 is 0.957 bits per heavy atom. The minimum atomic E-state index is -1.31. The maximum Gasteiger partial charge on any atom is 0.412 e. The Morgan fingerprint density at radius 3 is 2.17 bits per heavy atom. The van der Waals surface area contributed by atoms with Gasteiger partial charge in [-0.1, -0.05) is 13.8 Å². The van der Waals surface area contributed by atoms with E-state index in [1.165, 1.54) is 12.8 Å². The summed E-state index contributed by atoms with van der Waals surface area (Å²) in [6.45, 7) is 7.14. The van der Waals surface area contributed by atoms with Gasteiger partial charge in [-0.15, -0.1) is 0 Å². The van der Waals surface area contributed by atoms with Crippen LogP contribution in [0.3, 0.4) is 0 Å². The van der Waals surface area contributed by atoms with Crippen LogP contribution in [0, 0.1) is 11.3 Å². The van der Waals surface area contributed by atoms with Crippen molar-refractivity contribution in [3.8, 4) is 0 Å². The van der Waals surface area contributed by atoms with Crippen LogP contribution in [-0.2, 0) is 28.4 Å². The molecule has 132 valence electrons. The first-order valence-electron chi connectivity index (χ1n) is 9.00. The number of ether oxygens (including phenoxy) is 6. The predicted octanol–water partition coefficient (Wildman–Crippen LogP) is 2.06. The highest BCUT2D eigenvalue weighted by molar-refractivity contribution is 4.97. The molecule has 0 aromatic rings. The topological polar surface area (TPSA) is 58.7 Å². The lowest BCUT2D eigenvalue weighted by Gasteiger charge is -2.46. The predicted molar refractivity (Wildman–Crippen MR) is 80.7 cm³/mol. The van der Waals surface area contributed by atoms with Gasteiger partial charge in [0.1, 0.15) is 6.10 Å². The van der Waals surface area contributed by atoms with Crippen molar-refractivity contribution in [3.05, 3.63) is 0 Å². The average Bonchev–Trinajstić information content (AvgIpc) is 3.28. The first-order valence-corrected chi connectivity index (χ1v) is 9.00. The van der Waals surface area contributed by atoms with Gasteiger partial charge in [0, 0.05) is 11.3 Å². The van der Waals surface area contributed by atoms with Gasteiger partial charge in [-0.2, -0.15) is 0 Å². The third-order valence-corrected chi connectivity index (χ3v) is 5.96. The van der Waals surface area contributed by atoms with Gasteiger partial charge in [0.15, 0.2) is 0 Å². The minimum absolute atomic E-state index is 0.0605. The first-order chi connectivity index (χ1) is 11.2. The molecule has 6 nitrogen and oxygen atoms in total. The highest BCUT2D eigenvalue weighted by atomic mass is 17.0. The number of hydrogen-bond acceptors (Lipinski definition) is 6. The fraction of sp³-hybridized carbons (Fsp3) is 1.00. The number of hydrogen-bond donors (Lipinski definition) is 0. The van der Waals surface area contributed by atoms with Crippen molar-refractivity contribution in [2.75, 3.05) is 33.0 Å². The Morgan fingerprint density at radius 2 is 1.65 bits per heavy atom. The average molecular weight is 328 g/mol. The van der Waals surface area contributed by atoms with E-state index in [9.17, 15) is 0 Å². The number of epoxide rings is 1. The molecule has 0 N–H and O–H groups in total. The second-order valence-electron chi connectivity index (χ2n) is 7.34. The molecule has 4 rings (SSSR count). The lowest BCUT2D eigenvalue weighted by molar-refractivity contribution is -0.543. The lowest BCUT2D eigenvalue weighted by atomic mass is 9.84. The fourth-order valence-corrected chi connectivity index (χ4v) is 3.75. The molecule has 0 amide bonds. The maximum absolute atomic E-state index is 5.94. The lowest BCUT2D eigenvalue weighted by Crippen LogP contribution is -2.57. The van der Waals surface area contributed by atoms with Crippen LogP contribution in [0.2, 0.25) is 0 Å². The molecule has 1 aliphatic carbocycles.